The number of unbranched alkanes of at least 4 members (excludes halogenated alkanes) is 1. The van der Waals surface area contributed by atoms with E-state index in [4.69, 9.17) is 0 Å². The van der Waals surface area contributed by atoms with Crippen molar-refractivity contribution in [3.05, 3.63) is 12.7 Å². The maximum atomic E-state index is 3.77. The second-order valence-electron chi connectivity index (χ2n) is 6.31. The number of allylic oxidation sites excluding steroid dienone is 1. The normalized spacial score (nSPS) is 15.8. The Hall–Kier alpha value is -0.300. The molecule has 1 heteroatoms. The van der Waals surface area contributed by atoms with Crippen LogP contribution in [0.1, 0.15) is 59.8 Å². The largest absolute Gasteiger partial charge is 0.317 e. The van der Waals surface area contributed by atoms with Crippen LogP contribution in [0, 0.1) is 11.3 Å². The van der Waals surface area contributed by atoms with Gasteiger partial charge in [0, 0.05) is 6.04 Å². The molecule has 0 saturated carbocycles. The summed E-state index contributed by atoms with van der Waals surface area (Å²) in [5, 5.41) is 3.44. The molecule has 0 radical (unpaired) electrons. The Morgan fingerprint density at radius 3 is 2.38 bits per heavy atom. The predicted molar refractivity (Wildman–Crippen MR) is 74.7 cm³/mol. The number of hydrogen-bond donors (Lipinski definition) is 1. The summed E-state index contributed by atoms with van der Waals surface area (Å²) < 4.78 is 0. The SMILES string of the molecule is C=CCCCC(CC(C)CC(C)(C)C)NC. The molecule has 0 amide bonds. The van der Waals surface area contributed by atoms with Gasteiger partial charge in [0.25, 0.3) is 0 Å². The van der Waals surface area contributed by atoms with Crippen molar-refractivity contribution in [2.75, 3.05) is 7.05 Å². The van der Waals surface area contributed by atoms with Gasteiger partial charge in [0.1, 0.15) is 0 Å². The lowest BCUT2D eigenvalue weighted by atomic mass is 9.82. The second-order valence-corrected chi connectivity index (χ2v) is 6.31. The van der Waals surface area contributed by atoms with Crippen LogP contribution in [0.3, 0.4) is 0 Å². The summed E-state index contributed by atoms with van der Waals surface area (Å²) >= 11 is 0. The van der Waals surface area contributed by atoms with Crippen molar-refractivity contribution >= 4 is 0 Å². The lowest BCUT2D eigenvalue weighted by Crippen LogP contribution is -2.28. The highest BCUT2D eigenvalue weighted by molar-refractivity contribution is 4.74. The fraction of sp³-hybridized carbons (Fsp3) is 0.867. The molecular weight excluding hydrogens is 194 g/mol. The third kappa shape index (κ3) is 8.96. The second kappa shape index (κ2) is 7.89. The van der Waals surface area contributed by atoms with Gasteiger partial charge in [0.15, 0.2) is 0 Å². The Morgan fingerprint density at radius 1 is 1.31 bits per heavy atom. The van der Waals surface area contributed by atoms with E-state index in [1.165, 1.54) is 25.7 Å². The van der Waals surface area contributed by atoms with Gasteiger partial charge < -0.3 is 5.32 Å². The molecule has 0 bridgehead atoms. The van der Waals surface area contributed by atoms with Crippen LogP contribution in [-0.4, -0.2) is 13.1 Å². The van der Waals surface area contributed by atoms with Gasteiger partial charge in [-0.15, -0.1) is 6.58 Å². The summed E-state index contributed by atoms with van der Waals surface area (Å²) in [6, 6.07) is 0.678. The maximum absolute atomic E-state index is 3.77. The van der Waals surface area contributed by atoms with E-state index >= 15 is 0 Å². The minimum Gasteiger partial charge on any atom is -0.317 e. The van der Waals surface area contributed by atoms with Crippen LogP contribution in [-0.2, 0) is 0 Å². The van der Waals surface area contributed by atoms with Crippen LogP contribution in [0.15, 0.2) is 12.7 Å². The first-order valence-electron chi connectivity index (χ1n) is 6.67. The van der Waals surface area contributed by atoms with Gasteiger partial charge in [-0.05, 0) is 50.5 Å². The Balaban J connectivity index is 3.87. The van der Waals surface area contributed by atoms with E-state index in [9.17, 15) is 0 Å². The van der Waals surface area contributed by atoms with Crippen LogP contribution < -0.4 is 5.32 Å². The van der Waals surface area contributed by atoms with Crippen LogP contribution >= 0.6 is 0 Å². The molecule has 0 aromatic rings. The van der Waals surface area contributed by atoms with Gasteiger partial charge in [0.05, 0.1) is 0 Å². The molecule has 2 atom stereocenters. The third-order valence-electron chi connectivity index (χ3n) is 3.02. The molecule has 16 heavy (non-hydrogen) atoms. The minimum absolute atomic E-state index is 0.457. The smallest absolute Gasteiger partial charge is 0.00667 e. The van der Waals surface area contributed by atoms with Gasteiger partial charge in [-0.2, -0.15) is 0 Å². The Bertz CT molecular complexity index is 178. The van der Waals surface area contributed by atoms with Crippen molar-refractivity contribution in [1.29, 1.82) is 0 Å². The quantitative estimate of drug-likeness (QED) is 0.477. The van der Waals surface area contributed by atoms with Crippen molar-refractivity contribution in [1.82, 2.24) is 5.32 Å². The van der Waals surface area contributed by atoms with E-state index in [0.717, 1.165) is 12.3 Å². The molecule has 0 rings (SSSR count). The highest BCUT2D eigenvalue weighted by Gasteiger charge is 2.18. The van der Waals surface area contributed by atoms with Gasteiger partial charge in [-0.1, -0.05) is 33.8 Å². The fourth-order valence-corrected chi connectivity index (χ4v) is 2.50. The van der Waals surface area contributed by atoms with Crippen LogP contribution in [0.2, 0.25) is 0 Å². The Labute approximate surface area is 103 Å². The average molecular weight is 225 g/mol. The van der Waals surface area contributed by atoms with Crippen LogP contribution in [0.4, 0.5) is 0 Å². The molecule has 0 aromatic heterocycles. The van der Waals surface area contributed by atoms with Gasteiger partial charge in [-0.3, -0.25) is 0 Å². The monoisotopic (exact) mass is 225 g/mol. The third-order valence-corrected chi connectivity index (χ3v) is 3.02. The molecule has 0 aliphatic heterocycles. The summed E-state index contributed by atoms with van der Waals surface area (Å²) in [6.07, 6.45) is 8.31. The topological polar surface area (TPSA) is 12.0 Å². The van der Waals surface area contributed by atoms with E-state index in [1.807, 2.05) is 6.08 Å². The van der Waals surface area contributed by atoms with E-state index in [0.29, 0.717) is 11.5 Å². The lowest BCUT2D eigenvalue weighted by molar-refractivity contribution is 0.273. The zero-order valence-corrected chi connectivity index (χ0v) is 12.0. The van der Waals surface area contributed by atoms with Crippen molar-refractivity contribution < 1.29 is 0 Å². The molecule has 1 N–H and O–H groups in total. The van der Waals surface area contributed by atoms with E-state index in [-0.39, 0.29) is 0 Å². The summed E-state index contributed by atoms with van der Waals surface area (Å²) in [5.74, 6) is 0.807. The molecule has 0 aliphatic rings. The number of nitrogens with one attached hydrogen (secondary N) is 1. The molecule has 0 aliphatic carbocycles. The lowest BCUT2D eigenvalue weighted by Gasteiger charge is -2.26. The molecule has 0 saturated heterocycles. The zero-order valence-electron chi connectivity index (χ0n) is 12.0. The fourth-order valence-electron chi connectivity index (χ4n) is 2.50. The zero-order chi connectivity index (χ0) is 12.6. The van der Waals surface area contributed by atoms with Gasteiger partial charge in [-0.25, -0.2) is 0 Å². The maximum Gasteiger partial charge on any atom is 0.00667 e. The summed E-state index contributed by atoms with van der Waals surface area (Å²) in [6.45, 7) is 13.1. The molecule has 0 fully saturated rings. The van der Waals surface area contributed by atoms with Crippen LogP contribution in [0.25, 0.3) is 0 Å². The first kappa shape index (κ1) is 15.7. The molecule has 0 aromatic carbocycles. The predicted octanol–water partition coefficient (Wildman–Crippen LogP) is 4.39. The molecule has 1 nitrogen and oxygen atoms in total. The highest BCUT2D eigenvalue weighted by Crippen LogP contribution is 2.27. The van der Waals surface area contributed by atoms with Crippen LogP contribution in [0.5, 0.6) is 0 Å². The molecular formula is C15H31N. The molecule has 2 unspecified atom stereocenters. The van der Waals surface area contributed by atoms with Gasteiger partial charge in [0.2, 0.25) is 0 Å². The van der Waals surface area contributed by atoms with Gasteiger partial charge >= 0.3 is 0 Å². The summed E-state index contributed by atoms with van der Waals surface area (Å²) in [5.41, 5.74) is 0.457. The highest BCUT2D eigenvalue weighted by atomic mass is 14.9. The minimum atomic E-state index is 0.457. The van der Waals surface area contributed by atoms with Crippen molar-refractivity contribution in [3.8, 4) is 0 Å². The summed E-state index contributed by atoms with van der Waals surface area (Å²) in [4.78, 5) is 0. The Morgan fingerprint density at radius 2 is 1.94 bits per heavy atom. The standard InChI is InChI=1S/C15H31N/c1-7-8-9-10-14(16-6)11-13(2)12-15(3,4)5/h7,13-14,16H,1,8-12H2,2-6H3. The Kier molecular flexibility index (Phi) is 7.74. The van der Waals surface area contributed by atoms with E-state index < -0.39 is 0 Å². The van der Waals surface area contributed by atoms with E-state index in [1.54, 1.807) is 0 Å². The number of hydrogen-bond acceptors (Lipinski definition) is 1. The molecule has 0 heterocycles. The van der Waals surface area contributed by atoms with Crippen molar-refractivity contribution in [2.24, 2.45) is 11.3 Å². The first-order valence-corrected chi connectivity index (χ1v) is 6.67. The molecule has 0 spiro atoms. The summed E-state index contributed by atoms with van der Waals surface area (Å²) in [7, 11) is 2.09. The molecule has 96 valence electrons. The van der Waals surface area contributed by atoms with Crippen molar-refractivity contribution in [2.45, 2.75) is 65.8 Å². The average Bonchev–Trinajstić information content (AvgIpc) is 2.13. The van der Waals surface area contributed by atoms with Crippen molar-refractivity contribution in [3.63, 3.8) is 0 Å². The van der Waals surface area contributed by atoms with E-state index in [2.05, 4.69) is 46.6 Å². The number of rotatable bonds is 8. The first-order chi connectivity index (χ1) is 7.39.